The zero-order valence-corrected chi connectivity index (χ0v) is 11.1. The van der Waals surface area contributed by atoms with Crippen molar-refractivity contribution in [1.29, 1.82) is 0 Å². The monoisotopic (exact) mass is 217 g/mol. The Morgan fingerprint density at radius 3 is 2.19 bits per heavy atom. The van der Waals surface area contributed by atoms with Crippen molar-refractivity contribution in [3.63, 3.8) is 0 Å². The van der Waals surface area contributed by atoms with E-state index in [2.05, 4.69) is 76.1 Å². The molecular weight excluding hydrogens is 194 g/mol. The lowest BCUT2D eigenvalue weighted by atomic mass is 9.95. The molecule has 1 aromatic rings. The highest BCUT2D eigenvalue weighted by atomic mass is 15.1. The van der Waals surface area contributed by atoms with Crippen LogP contribution in [0.5, 0.6) is 0 Å². The van der Waals surface area contributed by atoms with Gasteiger partial charge in [-0.3, -0.25) is 0 Å². The van der Waals surface area contributed by atoms with E-state index in [1.165, 1.54) is 11.3 Å². The molecule has 0 amide bonds. The summed E-state index contributed by atoms with van der Waals surface area (Å²) >= 11 is 0. The lowest BCUT2D eigenvalue weighted by Crippen LogP contribution is -2.28. The largest absolute Gasteiger partial charge is 0.374 e. The summed E-state index contributed by atoms with van der Waals surface area (Å²) < 4.78 is 0. The van der Waals surface area contributed by atoms with E-state index in [9.17, 15) is 0 Å². The van der Waals surface area contributed by atoms with Gasteiger partial charge < -0.3 is 4.90 Å². The summed E-state index contributed by atoms with van der Waals surface area (Å²) in [6.07, 6.45) is 2.18. The first kappa shape index (κ1) is 12.8. The SMILES string of the molecule is C/C=C(/c1ccccc1)N(C)CC(C)(C)C. The number of rotatable bonds is 3. The molecule has 0 saturated carbocycles. The van der Waals surface area contributed by atoms with Gasteiger partial charge in [-0.2, -0.15) is 0 Å². The highest BCUT2D eigenvalue weighted by Gasteiger charge is 2.15. The second kappa shape index (κ2) is 5.20. The lowest BCUT2D eigenvalue weighted by Gasteiger charge is -2.30. The Kier molecular flexibility index (Phi) is 4.17. The Bertz CT molecular complexity index is 343. The van der Waals surface area contributed by atoms with Crippen molar-refractivity contribution >= 4 is 5.70 Å². The normalized spacial score (nSPS) is 12.7. The maximum Gasteiger partial charge on any atom is 0.0394 e. The molecule has 0 aliphatic carbocycles. The van der Waals surface area contributed by atoms with Gasteiger partial charge in [0.05, 0.1) is 0 Å². The van der Waals surface area contributed by atoms with Gasteiger partial charge in [-0.1, -0.05) is 57.2 Å². The second-order valence-electron chi connectivity index (χ2n) is 5.46. The molecule has 1 aromatic carbocycles. The molecule has 0 unspecified atom stereocenters. The summed E-state index contributed by atoms with van der Waals surface area (Å²) in [6, 6.07) is 10.6. The molecule has 0 N–H and O–H groups in total. The molecule has 1 nitrogen and oxygen atoms in total. The van der Waals surface area contributed by atoms with Crippen LogP contribution in [-0.4, -0.2) is 18.5 Å². The molecule has 0 aromatic heterocycles. The predicted octanol–water partition coefficient (Wildman–Crippen LogP) is 4.03. The van der Waals surface area contributed by atoms with Crippen LogP contribution in [0.4, 0.5) is 0 Å². The molecule has 1 rings (SSSR count). The first-order chi connectivity index (χ1) is 7.44. The Morgan fingerprint density at radius 1 is 1.19 bits per heavy atom. The van der Waals surface area contributed by atoms with Crippen molar-refractivity contribution in [2.75, 3.05) is 13.6 Å². The van der Waals surface area contributed by atoms with Gasteiger partial charge in [0.25, 0.3) is 0 Å². The van der Waals surface area contributed by atoms with Crippen molar-refractivity contribution in [3.8, 4) is 0 Å². The molecule has 0 atom stereocenters. The predicted molar refractivity (Wildman–Crippen MR) is 72.2 cm³/mol. The summed E-state index contributed by atoms with van der Waals surface area (Å²) in [5.74, 6) is 0. The van der Waals surface area contributed by atoms with Gasteiger partial charge in [-0.05, 0) is 17.9 Å². The lowest BCUT2D eigenvalue weighted by molar-refractivity contribution is 0.296. The van der Waals surface area contributed by atoms with E-state index in [-0.39, 0.29) is 0 Å². The maximum absolute atomic E-state index is 2.33. The maximum atomic E-state index is 2.33. The number of hydrogen-bond donors (Lipinski definition) is 0. The topological polar surface area (TPSA) is 3.24 Å². The van der Waals surface area contributed by atoms with Crippen LogP contribution in [0.1, 0.15) is 33.3 Å². The summed E-state index contributed by atoms with van der Waals surface area (Å²) in [5.41, 5.74) is 2.91. The van der Waals surface area contributed by atoms with Crippen LogP contribution < -0.4 is 0 Å². The summed E-state index contributed by atoms with van der Waals surface area (Å²) in [4.78, 5) is 2.33. The van der Waals surface area contributed by atoms with Crippen LogP contribution >= 0.6 is 0 Å². The quantitative estimate of drug-likeness (QED) is 0.739. The van der Waals surface area contributed by atoms with Gasteiger partial charge >= 0.3 is 0 Å². The third-order valence-corrected chi connectivity index (χ3v) is 2.47. The van der Waals surface area contributed by atoms with Crippen LogP contribution in [0.15, 0.2) is 36.4 Å². The van der Waals surface area contributed by atoms with Crippen LogP contribution in [0, 0.1) is 5.41 Å². The Morgan fingerprint density at radius 2 is 1.75 bits per heavy atom. The minimum absolute atomic E-state index is 0.317. The van der Waals surface area contributed by atoms with E-state index in [1.807, 2.05) is 0 Å². The second-order valence-corrected chi connectivity index (χ2v) is 5.46. The average molecular weight is 217 g/mol. The number of nitrogens with zero attached hydrogens (tertiary/aromatic N) is 1. The molecule has 0 aliphatic rings. The average Bonchev–Trinajstić information content (AvgIpc) is 2.17. The summed E-state index contributed by atoms with van der Waals surface area (Å²) in [5, 5.41) is 0. The van der Waals surface area contributed by atoms with Crippen molar-refractivity contribution in [1.82, 2.24) is 4.90 Å². The summed E-state index contributed by atoms with van der Waals surface area (Å²) in [6.45, 7) is 9.95. The number of hydrogen-bond acceptors (Lipinski definition) is 1. The van der Waals surface area contributed by atoms with E-state index in [0.717, 1.165) is 6.54 Å². The Labute approximate surface area is 99.8 Å². The van der Waals surface area contributed by atoms with Gasteiger partial charge in [0.2, 0.25) is 0 Å². The van der Waals surface area contributed by atoms with Crippen LogP contribution in [0.2, 0.25) is 0 Å². The van der Waals surface area contributed by atoms with Crippen molar-refractivity contribution in [2.45, 2.75) is 27.7 Å². The molecular formula is C15H23N. The minimum Gasteiger partial charge on any atom is -0.374 e. The van der Waals surface area contributed by atoms with Crippen LogP contribution in [0.25, 0.3) is 5.70 Å². The van der Waals surface area contributed by atoms with Crippen LogP contribution in [-0.2, 0) is 0 Å². The molecule has 16 heavy (non-hydrogen) atoms. The fraction of sp³-hybridized carbons (Fsp3) is 0.467. The molecule has 0 fully saturated rings. The highest BCUT2D eigenvalue weighted by Crippen LogP contribution is 2.22. The molecule has 0 radical (unpaired) electrons. The fourth-order valence-electron chi connectivity index (χ4n) is 2.01. The van der Waals surface area contributed by atoms with E-state index < -0.39 is 0 Å². The van der Waals surface area contributed by atoms with Gasteiger partial charge in [0.15, 0.2) is 0 Å². The smallest absolute Gasteiger partial charge is 0.0394 e. The standard InChI is InChI=1S/C15H23N/c1-6-14(13-10-8-7-9-11-13)16(5)12-15(2,3)4/h6-11H,12H2,1-5H3/b14-6-. The Balaban J connectivity index is 2.85. The third kappa shape index (κ3) is 3.73. The molecule has 0 bridgehead atoms. The van der Waals surface area contributed by atoms with Crippen molar-refractivity contribution in [2.24, 2.45) is 5.41 Å². The van der Waals surface area contributed by atoms with Crippen LogP contribution in [0.3, 0.4) is 0 Å². The van der Waals surface area contributed by atoms with Gasteiger partial charge in [0, 0.05) is 19.3 Å². The van der Waals surface area contributed by atoms with Crippen molar-refractivity contribution < 1.29 is 0 Å². The molecule has 88 valence electrons. The molecule has 0 saturated heterocycles. The molecule has 0 aliphatic heterocycles. The molecule has 1 heteroatoms. The van der Waals surface area contributed by atoms with Gasteiger partial charge in [0.1, 0.15) is 0 Å². The number of benzene rings is 1. The fourth-order valence-corrected chi connectivity index (χ4v) is 2.01. The number of allylic oxidation sites excluding steroid dienone is 1. The Hall–Kier alpha value is -1.24. The van der Waals surface area contributed by atoms with E-state index >= 15 is 0 Å². The minimum atomic E-state index is 0.317. The first-order valence-corrected chi connectivity index (χ1v) is 5.87. The summed E-state index contributed by atoms with van der Waals surface area (Å²) in [7, 11) is 2.16. The molecule has 0 heterocycles. The first-order valence-electron chi connectivity index (χ1n) is 5.87. The van der Waals surface area contributed by atoms with Crippen molar-refractivity contribution in [3.05, 3.63) is 42.0 Å². The third-order valence-electron chi connectivity index (χ3n) is 2.47. The van der Waals surface area contributed by atoms with Gasteiger partial charge in [-0.25, -0.2) is 0 Å². The molecule has 0 spiro atoms. The van der Waals surface area contributed by atoms with E-state index in [4.69, 9.17) is 0 Å². The van der Waals surface area contributed by atoms with E-state index in [1.54, 1.807) is 0 Å². The van der Waals surface area contributed by atoms with E-state index in [0.29, 0.717) is 5.41 Å². The zero-order chi connectivity index (χ0) is 12.2. The van der Waals surface area contributed by atoms with Gasteiger partial charge in [-0.15, -0.1) is 0 Å². The highest BCUT2D eigenvalue weighted by molar-refractivity contribution is 5.63. The zero-order valence-electron chi connectivity index (χ0n) is 11.1.